The number of anilines is 1. The summed E-state index contributed by atoms with van der Waals surface area (Å²) >= 11 is 0. The van der Waals surface area contributed by atoms with Crippen molar-refractivity contribution in [2.24, 2.45) is 0 Å². The van der Waals surface area contributed by atoms with Crippen molar-refractivity contribution < 1.29 is 9.53 Å². The highest BCUT2D eigenvalue weighted by atomic mass is 16.5. The van der Waals surface area contributed by atoms with Crippen LogP contribution >= 0.6 is 0 Å². The monoisotopic (exact) mass is 333 g/mol. The van der Waals surface area contributed by atoms with E-state index in [9.17, 15) is 4.79 Å². The van der Waals surface area contributed by atoms with Gasteiger partial charge in [0.2, 0.25) is 0 Å². The van der Waals surface area contributed by atoms with Crippen LogP contribution in [0.15, 0.2) is 12.3 Å². The molecule has 2 saturated heterocycles. The molecule has 0 N–H and O–H groups in total. The normalized spacial score (nSPS) is 19.5. The van der Waals surface area contributed by atoms with E-state index in [0.29, 0.717) is 32.2 Å². The van der Waals surface area contributed by atoms with E-state index < -0.39 is 0 Å². The van der Waals surface area contributed by atoms with Gasteiger partial charge in [-0.25, -0.2) is 14.8 Å². The molecule has 132 valence electrons. The summed E-state index contributed by atoms with van der Waals surface area (Å²) in [6, 6.07) is 2.11. The molecule has 2 aliphatic rings. The lowest BCUT2D eigenvalue weighted by Gasteiger charge is -2.32. The van der Waals surface area contributed by atoms with Gasteiger partial charge in [0.15, 0.2) is 0 Å². The molecule has 2 fully saturated rings. The summed E-state index contributed by atoms with van der Waals surface area (Å²) in [7, 11) is 0. The highest BCUT2D eigenvalue weighted by molar-refractivity contribution is 5.74. The van der Waals surface area contributed by atoms with Crippen LogP contribution in [0.5, 0.6) is 0 Å². The molecule has 0 bridgehead atoms. The van der Waals surface area contributed by atoms with Crippen molar-refractivity contribution >= 4 is 11.8 Å². The van der Waals surface area contributed by atoms with E-state index in [1.54, 1.807) is 0 Å². The molecule has 7 nitrogen and oxygen atoms in total. The van der Waals surface area contributed by atoms with Gasteiger partial charge in [-0.15, -0.1) is 0 Å². The minimum absolute atomic E-state index is 0.144. The molecule has 2 aliphatic heterocycles. The summed E-state index contributed by atoms with van der Waals surface area (Å²) in [5.74, 6) is 2.16. The summed E-state index contributed by atoms with van der Waals surface area (Å²) in [6.45, 7) is 10.1. The Balaban J connectivity index is 1.62. The summed E-state index contributed by atoms with van der Waals surface area (Å²) in [5.41, 5.74) is 0. The number of carbonyl (C=O) groups excluding carboxylic acids is 1. The molecule has 7 heteroatoms. The molecular weight excluding hydrogens is 306 g/mol. The van der Waals surface area contributed by atoms with E-state index in [4.69, 9.17) is 4.74 Å². The Labute approximate surface area is 143 Å². The van der Waals surface area contributed by atoms with Gasteiger partial charge in [-0.1, -0.05) is 13.8 Å². The average Bonchev–Trinajstić information content (AvgIpc) is 2.88. The third kappa shape index (κ3) is 3.95. The number of carbonyl (C=O) groups is 1. The third-order valence-electron chi connectivity index (χ3n) is 4.55. The standard InChI is InChI=1S/C17H27N5O2/c1-14(2)16-18-5-4-15(19-16)20-6-3-7-21(9-8-20)17(23)22-10-12-24-13-11-22/h4-5,14H,3,6-13H2,1-2H3. The predicted octanol–water partition coefficient (Wildman–Crippen LogP) is 1.56. The largest absolute Gasteiger partial charge is 0.378 e. The maximum Gasteiger partial charge on any atom is 0.320 e. The average molecular weight is 333 g/mol. The lowest BCUT2D eigenvalue weighted by atomic mass is 10.2. The van der Waals surface area contributed by atoms with Crippen LogP contribution in [0.2, 0.25) is 0 Å². The number of hydrogen-bond donors (Lipinski definition) is 0. The summed E-state index contributed by atoms with van der Waals surface area (Å²) in [6.07, 6.45) is 2.79. The van der Waals surface area contributed by atoms with Crippen LogP contribution in [-0.4, -0.2) is 78.3 Å². The molecule has 0 aromatic carbocycles. The molecule has 24 heavy (non-hydrogen) atoms. The minimum atomic E-state index is 0.144. The van der Waals surface area contributed by atoms with Crippen molar-refractivity contribution in [1.82, 2.24) is 19.8 Å². The van der Waals surface area contributed by atoms with Gasteiger partial charge in [0.05, 0.1) is 13.2 Å². The maximum absolute atomic E-state index is 12.6. The first kappa shape index (κ1) is 17.0. The number of urea groups is 1. The molecule has 1 aromatic heterocycles. The quantitative estimate of drug-likeness (QED) is 0.822. The van der Waals surface area contributed by atoms with Crippen molar-refractivity contribution in [1.29, 1.82) is 0 Å². The number of rotatable bonds is 2. The van der Waals surface area contributed by atoms with Crippen molar-refractivity contribution in [3.05, 3.63) is 18.1 Å². The van der Waals surface area contributed by atoms with Gasteiger partial charge < -0.3 is 19.4 Å². The highest BCUT2D eigenvalue weighted by Crippen LogP contribution is 2.17. The first-order chi connectivity index (χ1) is 11.6. The van der Waals surface area contributed by atoms with E-state index in [1.165, 1.54) is 0 Å². The smallest absolute Gasteiger partial charge is 0.320 e. The molecule has 0 radical (unpaired) electrons. The van der Waals surface area contributed by atoms with E-state index in [1.807, 2.05) is 22.1 Å². The summed E-state index contributed by atoms with van der Waals surface area (Å²) in [4.78, 5) is 27.8. The molecule has 3 heterocycles. The lowest BCUT2D eigenvalue weighted by molar-refractivity contribution is 0.0438. The van der Waals surface area contributed by atoms with Gasteiger partial charge in [0, 0.05) is 51.4 Å². The number of nitrogens with zero attached hydrogens (tertiary/aromatic N) is 5. The fourth-order valence-corrected chi connectivity index (χ4v) is 3.11. The van der Waals surface area contributed by atoms with E-state index in [2.05, 4.69) is 28.7 Å². The Hall–Kier alpha value is -1.89. The zero-order valence-corrected chi connectivity index (χ0v) is 14.6. The van der Waals surface area contributed by atoms with Crippen molar-refractivity contribution in [3.8, 4) is 0 Å². The molecule has 1 aromatic rings. The Morgan fingerprint density at radius 2 is 1.83 bits per heavy atom. The molecule has 0 unspecified atom stereocenters. The van der Waals surface area contributed by atoms with E-state index in [0.717, 1.165) is 44.2 Å². The topological polar surface area (TPSA) is 61.8 Å². The lowest BCUT2D eigenvalue weighted by Crippen LogP contribution is -2.49. The van der Waals surface area contributed by atoms with Gasteiger partial charge in [0.25, 0.3) is 0 Å². The second-order valence-corrected chi connectivity index (χ2v) is 6.64. The molecule has 0 saturated carbocycles. The zero-order chi connectivity index (χ0) is 16.9. The molecule has 3 rings (SSSR count). The van der Waals surface area contributed by atoms with E-state index in [-0.39, 0.29) is 6.03 Å². The fraction of sp³-hybridized carbons (Fsp3) is 0.706. The van der Waals surface area contributed by atoms with Crippen LogP contribution in [0.25, 0.3) is 0 Å². The van der Waals surface area contributed by atoms with Gasteiger partial charge in [-0.05, 0) is 12.5 Å². The van der Waals surface area contributed by atoms with E-state index >= 15 is 0 Å². The number of aromatic nitrogens is 2. The van der Waals surface area contributed by atoms with Crippen LogP contribution in [0.3, 0.4) is 0 Å². The second-order valence-electron chi connectivity index (χ2n) is 6.64. The van der Waals surface area contributed by atoms with Crippen LogP contribution < -0.4 is 4.90 Å². The van der Waals surface area contributed by atoms with Crippen LogP contribution in [-0.2, 0) is 4.74 Å². The third-order valence-corrected chi connectivity index (χ3v) is 4.55. The van der Waals surface area contributed by atoms with Crippen LogP contribution in [0, 0.1) is 0 Å². The highest BCUT2D eigenvalue weighted by Gasteiger charge is 2.25. The number of hydrogen-bond acceptors (Lipinski definition) is 5. The SMILES string of the molecule is CC(C)c1nccc(N2CCCN(C(=O)N3CCOCC3)CC2)n1. The predicted molar refractivity (Wildman–Crippen MR) is 92.3 cm³/mol. The van der Waals surface area contributed by atoms with Gasteiger partial charge in [-0.2, -0.15) is 0 Å². The number of morpholine rings is 1. The number of ether oxygens (including phenoxy) is 1. The Morgan fingerprint density at radius 3 is 2.58 bits per heavy atom. The minimum Gasteiger partial charge on any atom is -0.378 e. The maximum atomic E-state index is 12.6. The zero-order valence-electron chi connectivity index (χ0n) is 14.6. The fourth-order valence-electron chi connectivity index (χ4n) is 3.11. The molecular formula is C17H27N5O2. The molecule has 0 spiro atoms. The Morgan fingerprint density at radius 1 is 1.08 bits per heavy atom. The second kappa shape index (κ2) is 7.79. The van der Waals surface area contributed by atoms with Crippen LogP contribution in [0.1, 0.15) is 32.0 Å². The van der Waals surface area contributed by atoms with Crippen molar-refractivity contribution in [2.75, 3.05) is 57.4 Å². The molecule has 0 atom stereocenters. The van der Waals surface area contributed by atoms with Gasteiger partial charge in [0.1, 0.15) is 11.6 Å². The summed E-state index contributed by atoms with van der Waals surface area (Å²) in [5, 5.41) is 0. The van der Waals surface area contributed by atoms with Gasteiger partial charge >= 0.3 is 6.03 Å². The first-order valence-corrected chi connectivity index (χ1v) is 8.84. The Bertz CT molecular complexity index is 560. The molecule has 0 aliphatic carbocycles. The number of amides is 2. The van der Waals surface area contributed by atoms with Gasteiger partial charge in [-0.3, -0.25) is 0 Å². The Kier molecular flexibility index (Phi) is 5.50. The molecule has 2 amide bonds. The van der Waals surface area contributed by atoms with Crippen molar-refractivity contribution in [3.63, 3.8) is 0 Å². The van der Waals surface area contributed by atoms with Crippen LogP contribution in [0.4, 0.5) is 10.6 Å². The summed E-state index contributed by atoms with van der Waals surface area (Å²) < 4.78 is 5.33. The van der Waals surface area contributed by atoms with Crippen molar-refractivity contribution in [2.45, 2.75) is 26.2 Å². The first-order valence-electron chi connectivity index (χ1n) is 8.84.